The Kier molecular flexibility index (Phi) is 7.74. The second kappa shape index (κ2) is 9.15. The number of likely N-dealkylation sites (N-methyl/N-ethyl adjacent to an activating group) is 1. The van der Waals surface area contributed by atoms with Crippen LogP contribution in [0.15, 0.2) is 12.4 Å². The van der Waals surface area contributed by atoms with Crippen LogP contribution < -0.4 is 0 Å². The number of unbranched alkanes of at least 4 members (excludes halogenated alkanes) is 3. The van der Waals surface area contributed by atoms with Gasteiger partial charge in [0.2, 0.25) is 0 Å². The number of rotatable bonds is 10. The maximum atomic E-state index is 4.49. The van der Waals surface area contributed by atoms with Crippen molar-refractivity contribution in [2.45, 2.75) is 59.4 Å². The lowest BCUT2D eigenvalue weighted by molar-refractivity contribution is 0.304. The van der Waals surface area contributed by atoms with Crippen LogP contribution in [0.4, 0.5) is 0 Å². The van der Waals surface area contributed by atoms with E-state index in [1.165, 1.54) is 31.5 Å². The van der Waals surface area contributed by atoms with E-state index in [9.17, 15) is 0 Å². The number of imidazole rings is 1. The lowest BCUT2D eigenvalue weighted by atomic mass is 10.2. The molecule has 104 valence electrons. The Balaban J connectivity index is 2.34. The molecular weight excluding hydrogens is 222 g/mol. The largest absolute Gasteiger partial charge is 0.335 e. The molecule has 1 heterocycles. The van der Waals surface area contributed by atoms with E-state index in [0.29, 0.717) is 0 Å². The maximum absolute atomic E-state index is 4.49. The minimum absolute atomic E-state index is 1.07. The topological polar surface area (TPSA) is 21.1 Å². The van der Waals surface area contributed by atoms with Crippen molar-refractivity contribution in [1.82, 2.24) is 14.5 Å². The fourth-order valence-electron chi connectivity index (χ4n) is 2.28. The van der Waals surface area contributed by atoms with E-state index in [4.69, 9.17) is 0 Å². The molecule has 0 saturated heterocycles. The fraction of sp³-hybridized carbons (Fsp3) is 0.800. The highest BCUT2D eigenvalue weighted by molar-refractivity contribution is 4.93. The lowest BCUT2D eigenvalue weighted by Crippen LogP contribution is -2.26. The molecule has 0 fully saturated rings. The van der Waals surface area contributed by atoms with Crippen molar-refractivity contribution in [2.24, 2.45) is 0 Å². The molecule has 0 bridgehead atoms. The Labute approximate surface area is 112 Å². The molecule has 0 N–H and O–H groups in total. The molecule has 1 rings (SSSR count). The van der Waals surface area contributed by atoms with Gasteiger partial charge in [-0.3, -0.25) is 0 Å². The van der Waals surface area contributed by atoms with Crippen LogP contribution in [-0.4, -0.2) is 34.1 Å². The van der Waals surface area contributed by atoms with Gasteiger partial charge < -0.3 is 9.47 Å². The van der Waals surface area contributed by atoms with Gasteiger partial charge in [-0.15, -0.1) is 0 Å². The first-order valence-electron chi connectivity index (χ1n) is 7.54. The Hall–Kier alpha value is -0.830. The summed E-state index contributed by atoms with van der Waals surface area (Å²) in [5, 5.41) is 0. The summed E-state index contributed by atoms with van der Waals surface area (Å²) < 4.78 is 2.33. The fourth-order valence-corrected chi connectivity index (χ4v) is 2.28. The van der Waals surface area contributed by atoms with Crippen LogP contribution in [0.25, 0.3) is 0 Å². The average Bonchev–Trinajstić information content (AvgIpc) is 2.83. The maximum Gasteiger partial charge on any atom is 0.109 e. The summed E-state index contributed by atoms with van der Waals surface area (Å²) in [6, 6.07) is 0. The Morgan fingerprint density at radius 1 is 1.11 bits per heavy atom. The van der Waals surface area contributed by atoms with Gasteiger partial charge in [0.1, 0.15) is 5.82 Å². The van der Waals surface area contributed by atoms with Crippen LogP contribution in [0, 0.1) is 0 Å². The van der Waals surface area contributed by atoms with Crippen LogP contribution in [0.3, 0.4) is 0 Å². The minimum atomic E-state index is 1.07. The summed E-state index contributed by atoms with van der Waals surface area (Å²) in [6.45, 7) is 11.2. The molecule has 0 aliphatic rings. The van der Waals surface area contributed by atoms with E-state index in [1.54, 1.807) is 0 Å². The first-order chi connectivity index (χ1) is 8.81. The first kappa shape index (κ1) is 15.2. The molecule has 3 nitrogen and oxygen atoms in total. The molecule has 0 spiro atoms. The van der Waals surface area contributed by atoms with Gasteiger partial charge in [0.15, 0.2) is 0 Å². The zero-order valence-electron chi connectivity index (χ0n) is 12.4. The third kappa shape index (κ3) is 5.21. The van der Waals surface area contributed by atoms with Crippen molar-refractivity contribution in [3.8, 4) is 0 Å². The summed E-state index contributed by atoms with van der Waals surface area (Å²) in [6.07, 6.45) is 10.4. The molecule has 18 heavy (non-hydrogen) atoms. The van der Waals surface area contributed by atoms with Gasteiger partial charge >= 0.3 is 0 Å². The van der Waals surface area contributed by atoms with E-state index in [-0.39, 0.29) is 0 Å². The molecule has 0 aliphatic carbocycles. The molecule has 1 aromatic rings. The number of hydrogen-bond acceptors (Lipinski definition) is 2. The molecule has 0 aromatic carbocycles. The van der Waals surface area contributed by atoms with Crippen LogP contribution in [0.1, 0.15) is 52.3 Å². The van der Waals surface area contributed by atoms with Crippen LogP contribution >= 0.6 is 0 Å². The molecule has 1 aromatic heterocycles. The van der Waals surface area contributed by atoms with Crippen molar-refractivity contribution in [3.05, 3.63) is 18.2 Å². The van der Waals surface area contributed by atoms with Gasteiger partial charge in [0, 0.05) is 31.9 Å². The van der Waals surface area contributed by atoms with E-state index < -0.39 is 0 Å². The predicted molar refractivity (Wildman–Crippen MR) is 77.9 cm³/mol. The molecule has 0 radical (unpaired) electrons. The number of aromatic nitrogens is 2. The van der Waals surface area contributed by atoms with Gasteiger partial charge in [-0.25, -0.2) is 4.98 Å². The van der Waals surface area contributed by atoms with Crippen molar-refractivity contribution in [3.63, 3.8) is 0 Å². The molecule has 0 saturated carbocycles. The monoisotopic (exact) mass is 251 g/mol. The molecule has 0 unspecified atom stereocenters. The van der Waals surface area contributed by atoms with Crippen molar-refractivity contribution in [1.29, 1.82) is 0 Å². The lowest BCUT2D eigenvalue weighted by Gasteiger charge is -2.17. The zero-order chi connectivity index (χ0) is 13.2. The number of hydrogen-bond donors (Lipinski definition) is 0. The number of nitrogens with zero attached hydrogens (tertiary/aromatic N) is 3. The Morgan fingerprint density at radius 3 is 2.56 bits per heavy atom. The second-order valence-corrected chi connectivity index (χ2v) is 4.87. The summed E-state index contributed by atoms with van der Waals surface area (Å²) in [5.41, 5.74) is 0. The standard InChI is InChI=1S/C15H29N3/c1-4-7-8-9-12-18-14-11-16-15(18)10-13-17(5-2)6-3/h11,14H,4-10,12-13H2,1-3H3. The first-order valence-corrected chi connectivity index (χ1v) is 7.54. The second-order valence-electron chi connectivity index (χ2n) is 4.87. The molecule has 3 heteroatoms. The van der Waals surface area contributed by atoms with Crippen LogP contribution in [0.2, 0.25) is 0 Å². The average molecular weight is 251 g/mol. The molecule has 0 aliphatic heterocycles. The Bertz CT molecular complexity index is 302. The Morgan fingerprint density at radius 2 is 1.89 bits per heavy atom. The highest BCUT2D eigenvalue weighted by Gasteiger charge is 2.05. The van der Waals surface area contributed by atoms with Crippen molar-refractivity contribution < 1.29 is 0 Å². The van der Waals surface area contributed by atoms with Gasteiger partial charge in [-0.1, -0.05) is 40.0 Å². The summed E-state index contributed by atoms with van der Waals surface area (Å²) in [4.78, 5) is 6.95. The third-order valence-corrected chi connectivity index (χ3v) is 3.60. The summed E-state index contributed by atoms with van der Waals surface area (Å²) in [7, 11) is 0. The third-order valence-electron chi connectivity index (χ3n) is 3.60. The van der Waals surface area contributed by atoms with Crippen LogP contribution in [-0.2, 0) is 13.0 Å². The van der Waals surface area contributed by atoms with Gasteiger partial charge in [0.25, 0.3) is 0 Å². The van der Waals surface area contributed by atoms with Crippen LogP contribution in [0.5, 0.6) is 0 Å². The van der Waals surface area contributed by atoms with Gasteiger partial charge in [-0.05, 0) is 19.5 Å². The smallest absolute Gasteiger partial charge is 0.109 e. The summed E-state index contributed by atoms with van der Waals surface area (Å²) in [5.74, 6) is 1.25. The molecule has 0 atom stereocenters. The normalized spacial score (nSPS) is 11.3. The zero-order valence-corrected chi connectivity index (χ0v) is 12.4. The van der Waals surface area contributed by atoms with E-state index in [2.05, 4.69) is 41.4 Å². The van der Waals surface area contributed by atoms with E-state index >= 15 is 0 Å². The number of aryl methyl sites for hydroxylation is 1. The van der Waals surface area contributed by atoms with Gasteiger partial charge in [-0.2, -0.15) is 0 Å². The SMILES string of the molecule is CCCCCCn1ccnc1CCN(CC)CC. The van der Waals surface area contributed by atoms with Crippen molar-refractivity contribution in [2.75, 3.05) is 19.6 Å². The highest BCUT2D eigenvalue weighted by atomic mass is 15.1. The molecular formula is C15H29N3. The van der Waals surface area contributed by atoms with E-state index in [0.717, 1.165) is 32.6 Å². The summed E-state index contributed by atoms with van der Waals surface area (Å²) >= 11 is 0. The minimum Gasteiger partial charge on any atom is -0.335 e. The van der Waals surface area contributed by atoms with E-state index in [1.807, 2.05) is 6.20 Å². The predicted octanol–water partition coefficient (Wildman–Crippen LogP) is 3.35. The quantitative estimate of drug-likeness (QED) is 0.595. The van der Waals surface area contributed by atoms with Gasteiger partial charge in [0.05, 0.1) is 0 Å². The molecule has 0 amide bonds. The van der Waals surface area contributed by atoms with Crippen molar-refractivity contribution >= 4 is 0 Å². The highest BCUT2D eigenvalue weighted by Crippen LogP contribution is 2.06.